The second kappa shape index (κ2) is 6.25. The minimum absolute atomic E-state index is 0.703. The monoisotopic (exact) mass is 283 g/mol. The third-order valence-electron chi connectivity index (χ3n) is 3.63. The summed E-state index contributed by atoms with van der Waals surface area (Å²) in [6, 6.07) is 18.6. The summed E-state index contributed by atoms with van der Waals surface area (Å²) in [6.07, 6.45) is 3.50. The molecule has 1 fully saturated rings. The maximum Gasteiger partial charge on any atom is 0.0406 e. The molecule has 0 aliphatic heterocycles. The average molecular weight is 284 g/mol. The first kappa shape index (κ1) is 13.4. The van der Waals surface area contributed by atoms with Gasteiger partial charge in [-0.15, -0.1) is 0 Å². The van der Waals surface area contributed by atoms with Crippen molar-refractivity contribution in [2.45, 2.75) is 13.0 Å². The van der Waals surface area contributed by atoms with Gasteiger partial charge in [-0.1, -0.05) is 65.7 Å². The zero-order chi connectivity index (χ0) is 13.8. The van der Waals surface area contributed by atoms with Crippen molar-refractivity contribution in [2.75, 3.05) is 6.54 Å². The van der Waals surface area contributed by atoms with Gasteiger partial charge in [0.25, 0.3) is 0 Å². The molecule has 0 aromatic heterocycles. The van der Waals surface area contributed by atoms with Crippen LogP contribution in [0.1, 0.15) is 17.5 Å². The molecule has 20 heavy (non-hydrogen) atoms. The Morgan fingerprint density at radius 2 is 1.80 bits per heavy atom. The summed E-state index contributed by atoms with van der Waals surface area (Å²) in [5.74, 6) is 0.703. The molecule has 1 aliphatic carbocycles. The van der Waals surface area contributed by atoms with Crippen LogP contribution in [0.5, 0.6) is 0 Å². The largest absolute Gasteiger partial charge is 0.312 e. The molecular weight excluding hydrogens is 266 g/mol. The first-order chi connectivity index (χ1) is 9.81. The lowest BCUT2D eigenvalue weighted by Crippen LogP contribution is -2.16. The standard InChI is InChI=1S/C18H18ClN/c19-18-8-6-14(7-9-18)10-16-11-17(16)13-20-12-15-4-2-1-3-5-15/h1-10,17,20H,11-13H2/b16-10+. The summed E-state index contributed by atoms with van der Waals surface area (Å²) in [5.41, 5.74) is 4.12. The second-order valence-corrected chi connectivity index (χ2v) is 5.72. The fraction of sp³-hybridized carbons (Fsp3) is 0.222. The lowest BCUT2D eigenvalue weighted by molar-refractivity contribution is 0.650. The Labute approximate surface area is 125 Å². The highest BCUT2D eigenvalue weighted by Crippen LogP contribution is 2.38. The number of nitrogens with one attached hydrogen (secondary N) is 1. The van der Waals surface area contributed by atoms with Crippen molar-refractivity contribution in [3.05, 3.63) is 76.3 Å². The van der Waals surface area contributed by atoms with Crippen LogP contribution in [0, 0.1) is 5.92 Å². The van der Waals surface area contributed by atoms with Crippen LogP contribution in [0.4, 0.5) is 0 Å². The molecule has 0 spiro atoms. The molecule has 2 aromatic carbocycles. The van der Waals surface area contributed by atoms with E-state index in [9.17, 15) is 0 Å². The molecule has 1 saturated carbocycles. The quantitative estimate of drug-likeness (QED) is 0.850. The van der Waals surface area contributed by atoms with Crippen molar-refractivity contribution in [2.24, 2.45) is 5.92 Å². The number of hydrogen-bond donors (Lipinski definition) is 1. The molecule has 1 nitrogen and oxygen atoms in total. The number of hydrogen-bond acceptors (Lipinski definition) is 1. The summed E-state index contributed by atoms with van der Waals surface area (Å²) in [5, 5.41) is 4.32. The molecule has 0 saturated heterocycles. The van der Waals surface area contributed by atoms with Crippen molar-refractivity contribution in [3.63, 3.8) is 0 Å². The van der Waals surface area contributed by atoms with Crippen molar-refractivity contribution in [1.82, 2.24) is 5.32 Å². The van der Waals surface area contributed by atoms with Gasteiger partial charge in [0.15, 0.2) is 0 Å². The van der Waals surface area contributed by atoms with Crippen LogP contribution in [0.25, 0.3) is 6.08 Å². The Kier molecular flexibility index (Phi) is 4.19. The highest BCUT2D eigenvalue weighted by atomic mass is 35.5. The van der Waals surface area contributed by atoms with Gasteiger partial charge in [-0.3, -0.25) is 0 Å². The second-order valence-electron chi connectivity index (χ2n) is 5.29. The van der Waals surface area contributed by atoms with Gasteiger partial charge in [0, 0.05) is 18.1 Å². The van der Waals surface area contributed by atoms with Gasteiger partial charge < -0.3 is 5.32 Å². The van der Waals surface area contributed by atoms with E-state index in [4.69, 9.17) is 11.6 Å². The topological polar surface area (TPSA) is 12.0 Å². The highest BCUT2D eigenvalue weighted by molar-refractivity contribution is 6.30. The summed E-state index contributed by atoms with van der Waals surface area (Å²) >= 11 is 5.89. The maximum atomic E-state index is 5.89. The minimum Gasteiger partial charge on any atom is -0.312 e. The first-order valence-electron chi connectivity index (χ1n) is 7.02. The van der Waals surface area contributed by atoms with Gasteiger partial charge in [-0.2, -0.15) is 0 Å². The molecular formula is C18H18ClN. The van der Waals surface area contributed by atoms with Crippen LogP contribution < -0.4 is 5.32 Å². The summed E-state index contributed by atoms with van der Waals surface area (Å²) in [4.78, 5) is 0. The van der Waals surface area contributed by atoms with E-state index in [0.29, 0.717) is 5.92 Å². The molecule has 0 bridgehead atoms. The van der Waals surface area contributed by atoms with Crippen molar-refractivity contribution >= 4 is 17.7 Å². The van der Waals surface area contributed by atoms with E-state index in [0.717, 1.165) is 18.1 Å². The lowest BCUT2D eigenvalue weighted by atomic mass is 10.2. The molecule has 2 heteroatoms. The molecule has 1 aliphatic rings. The van der Waals surface area contributed by atoms with Crippen molar-refractivity contribution < 1.29 is 0 Å². The zero-order valence-electron chi connectivity index (χ0n) is 11.4. The summed E-state index contributed by atoms with van der Waals surface area (Å²) < 4.78 is 0. The van der Waals surface area contributed by atoms with Gasteiger partial charge in [0.05, 0.1) is 0 Å². The van der Waals surface area contributed by atoms with E-state index in [1.54, 1.807) is 0 Å². The molecule has 1 atom stereocenters. The molecule has 2 aromatic rings. The van der Waals surface area contributed by atoms with Crippen LogP contribution in [-0.2, 0) is 6.54 Å². The predicted molar refractivity (Wildman–Crippen MR) is 85.7 cm³/mol. The third kappa shape index (κ3) is 3.72. The molecule has 1 unspecified atom stereocenters. The van der Waals surface area contributed by atoms with E-state index in [2.05, 4.69) is 53.9 Å². The van der Waals surface area contributed by atoms with Gasteiger partial charge in [0.1, 0.15) is 0 Å². The van der Waals surface area contributed by atoms with Gasteiger partial charge >= 0.3 is 0 Å². The first-order valence-corrected chi connectivity index (χ1v) is 7.40. The van der Waals surface area contributed by atoms with Gasteiger partial charge in [-0.05, 0) is 35.6 Å². The Bertz CT molecular complexity index is 587. The molecule has 3 rings (SSSR count). The Morgan fingerprint density at radius 1 is 1.05 bits per heavy atom. The van der Waals surface area contributed by atoms with E-state index in [-0.39, 0.29) is 0 Å². The Hall–Kier alpha value is -1.57. The molecule has 1 N–H and O–H groups in total. The SMILES string of the molecule is Clc1ccc(/C=C2\CC2CNCc2ccccc2)cc1. The smallest absolute Gasteiger partial charge is 0.0406 e. The van der Waals surface area contributed by atoms with Crippen LogP contribution in [0.2, 0.25) is 5.02 Å². The van der Waals surface area contributed by atoms with Crippen molar-refractivity contribution in [3.8, 4) is 0 Å². The lowest BCUT2D eigenvalue weighted by Gasteiger charge is -2.02. The van der Waals surface area contributed by atoms with E-state index in [1.165, 1.54) is 23.1 Å². The number of rotatable bonds is 5. The third-order valence-corrected chi connectivity index (χ3v) is 3.88. The van der Waals surface area contributed by atoms with E-state index < -0.39 is 0 Å². The van der Waals surface area contributed by atoms with Crippen LogP contribution in [-0.4, -0.2) is 6.54 Å². The Balaban J connectivity index is 1.46. The van der Waals surface area contributed by atoms with Crippen molar-refractivity contribution in [1.29, 1.82) is 0 Å². The van der Waals surface area contributed by atoms with Crippen LogP contribution in [0.15, 0.2) is 60.2 Å². The average Bonchev–Trinajstić information content (AvgIpc) is 3.21. The molecule has 0 amide bonds. The molecule has 0 radical (unpaired) electrons. The fourth-order valence-electron chi connectivity index (χ4n) is 2.37. The Morgan fingerprint density at radius 3 is 2.55 bits per heavy atom. The number of halogens is 1. The number of benzene rings is 2. The van der Waals surface area contributed by atoms with E-state index >= 15 is 0 Å². The normalized spacial score (nSPS) is 19.2. The fourth-order valence-corrected chi connectivity index (χ4v) is 2.49. The zero-order valence-corrected chi connectivity index (χ0v) is 12.1. The predicted octanol–water partition coefficient (Wildman–Crippen LogP) is 4.53. The minimum atomic E-state index is 0.703. The van der Waals surface area contributed by atoms with Crippen LogP contribution in [0.3, 0.4) is 0 Å². The van der Waals surface area contributed by atoms with Gasteiger partial charge in [0.2, 0.25) is 0 Å². The maximum absolute atomic E-state index is 5.89. The molecule has 0 heterocycles. The summed E-state index contributed by atoms with van der Waals surface area (Å²) in [7, 11) is 0. The van der Waals surface area contributed by atoms with Crippen LogP contribution >= 0.6 is 11.6 Å². The summed E-state index contributed by atoms with van der Waals surface area (Å²) in [6.45, 7) is 2.01. The van der Waals surface area contributed by atoms with Gasteiger partial charge in [-0.25, -0.2) is 0 Å². The highest BCUT2D eigenvalue weighted by Gasteiger charge is 2.28. The van der Waals surface area contributed by atoms with E-state index in [1.807, 2.05) is 12.1 Å². The molecule has 102 valence electrons.